The maximum Gasteiger partial charge on any atom is 0.245 e. The Balaban J connectivity index is 1.60. The zero-order valence-electron chi connectivity index (χ0n) is 36.3. The number of nitrogens with one attached hydrogen (secondary N) is 8. The first-order chi connectivity index (χ1) is 31.4. The van der Waals surface area contributed by atoms with Gasteiger partial charge in [-0.15, -0.1) is 0 Å². The van der Waals surface area contributed by atoms with Crippen molar-refractivity contribution in [1.29, 1.82) is 0 Å². The molecular formula is C44H57ClN10O11. The van der Waals surface area contributed by atoms with Gasteiger partial charge in [0, 0.05) is 37.8 Å². The number of primary amides is 1. The third-order valence-corrected chi connectivity index (χ3v) is 9.97. The number of aryl methyl sites for hydroxylation is 1. The molecule has 0 aromatic heterocycles. The van der Waals surface area contributed by atoms with Gasteiger partial charge in [0.1, 0.15) is 35.7 Å². The highest BCUT2D eigenvalue weighted by atomic mass is 35.5. The molecule has 0 aliphatic heterocycles. The number of benzene rings is 3. The molecule has 0 aliphatic rings. The topological polar surface area (TPSA) is 342 Å². The lowest BCUT2D eigenvalue weighted by Gasteiger charge is -2.24. The van der Waals surface area contributed by atoms with E-state index in [-0.39, 0.29) is 43.7 Å². The van der Waals surface area contributed by atoms with E-state index in [1.807, 2.05) is 0 Å². The number of phenolic OH excluding ortho intramolecular Hbond substituents is 2. The summed E-state index contributed by atoms with van der Waals surface area (Å²) in [4.78, 5) is 115. The molecule has 22 heteroatoms. The van der Waals surface area contributed by atoms with Crippen molar-refractivity contribution >= 4 is 64.8 Å². The molecular weight excluding hydrogens is 880 g/mol. The smallest absolute Gasteiger partial charge is 0.245 e. The van der Waals surface area contributed by atoms with Crippen molar-refractivity contribution in [2.75, 3.05) is 32.7 Å². The van der Waals surface area contributed by atoms with E-state index in [1.165, 1.54) is 43.3 Å². The summed E-state index contributed by atoms with van der Waals surface area (Å²) in [5, 5.41) is 39.5. The number of unbranched alkanes of at least 4 members (excludes halogenated alkanes) is 1. The van der Waals surface area contributed by atoms with Gasteiger partial charge in [-0.2, -0.15) is 0 Å². The van der Waals surface area contributed by atoms with Crippen LogP contribution >= 0.6 is 11.6 Å². The van der Waals surface area contributed by atoms with E-state index >= 15 is 0 Å². The molecule has 0 fully saturated rings. The summed E-state index contributed by atoms with van der Waals surface area (Å²) >= 11 is 5.95. The molecule has 0 saturated carbocycles. The van der Waals surface area contributed by atoms with Crippen LogP contribution in [0.1, 0.15) is 49.3 Å². The Morgan fingerprint density at radius 3 is 1.58 bits per heavy atom. The van der Waals surface area contributed by atoms with Gasteiger partial charge >= 0.3 is 0 Å². The van der Waals surface area contributed by atoms with Crippen LogP contribution in [-0.2, 0) is 62.4 Å². The van der Waals surface area contributed by atoms with Crippen LogP contribution in [0.4, 0.5) is 0 Å². The number of amides is 9. The van der Waals surface area contributed by atoms with Gasteiger partial charge in [-0.3, -0.25) is 43.2 Å². The summed E-state index contributed by atoms with van der Waals surface area (Å²) in [6.45, 7) is -0.607. The molecule has 3 aromatic carbocycles. The van der Waals surface area contributed by atoms with Crippen LogP contribution in [0.5, 0.6) is 11.5 Å². The largest absolute Gasteiger partial charge is 0.508 e. The Morgan fingerprint density at radius 1 is 0.545 bits per heavy atom. The van der Waals surface area contributed by atoms with Crippen LogP contribution in [0.15, 0.2) is 72.8 Å². The highest BCUT2D eigenvalue weighted by molar-refractivity contribution is 6.30. The zero-order valence-corrected chi connectivity index (χ0v) is 37.1. The molecule has 66 heavy (non-hydrogen) atoms. The number of carbonyl (C=O) groups excluding carboxylic acids is 9. The van der Waals surface area contributed by atoms with Crippen molar-refractivity contribution in [1.82, 2.24) is 42.5 Å². The highest BCUT2D eigenvalue weighted by Gasteiger charge is 2.29. The lowest BCUT2D eigenvalue weighted by molar-refractivity contribution is -0.133. The Labute approximate surface area is 385 Å². The molecule has 0 bridgehead atoms. The molecule has 4 unspecified atom stereocenters. The third-order valence-electron chi connectivity index (χ3n) is 9.72. The average Bonchev–Trinajstić information content (AvgIpc) is 3.28. The number of aromatic hydroxyl groups is 2. The molecule has 14 N–H and O–H groups in total. The monoisotopic (exact) mass is 936 g/mol. The predicted octanol–water partition coefficient (Wildman–Crippen LogP) is -1.79. The fourth-order valence-electron chi connectivity index (χ4n) is 6.15. The molecule has 3 aromatic rings. The second-order valence-electron chi connectivity index (χ2n) is 15.1. The number of halogens is 1. The Kier molecular flexibility index (Phi) is 22.4. The SMILES string of the molecule is CC(=O)NCC(NC(=O)CCc1ccc(Cl)cc1)C(=O)NC(Cc1ccc(O)cc1)C(=O)NCC(=O)NC(CCCCN)C(=O)NCC(=O)NCC(=O)NC(Cc1ccc(O)cc1)C(N)=O. The van der Waals surface area contributed by atoms with E-state index in [2.05, 4.69) is 42.5 Å². The standard InChI is InChI=1S/C44H57ClN10O11/c1-26(56)48-22-36(54-37(59)18-11-27-5-12-30(45)13-6-27)44(66)55-35(21-29-9-16-32(58)17-10-29)43(65)51-25-40(62)52-33(4-2-3-19-46)42(64)50-23-38(60)49-24-39(61)53-34(41(47)63)20-28-7-14-31(57)15-8-28/h5-10,12-17,33-36,57-58H,2-4,11,18-25,46H2,1H3,(H2,47,63)(H,48,56)(H,49,60)(H,50,64)(H,51,65)(H,52,62)(H,53,61)(H,54,59)(H,55,66). The van der Waals surface area contributed by atoms with E-state index in [4.69, 9.17) is 23.1 Å². The number of phenols is 2. The molecule has 3 rings (SSSR count). The molecule has 0 saturated heterocycles. The van der Waals surface area contributed by atoms with Crippen LogP contribution < -0.4 is 54.0 Å². The summed E-state index contributed by atoms with van der Waals surface area (Å²) in [5.74, 6) is -6.59. The zero-order chi connectivity index (χ0) is 48.6. The van der Waals surface area contributed by atoms with Gasteiger partial charge in [0.05, 0.1) is 19.6 Å². The quantitative estimate of drug-likeness (QED) is 0.0377. The second-order valence-corrected chi connectivity index (χ2v) is 15.6. The van der Waals surface area contributed by atoms with Gasteiger partial charge in [0.2, 0.25) is 53.2 Å². The van der Waals surface area contributed by atoms with Crippen LogP contribution in [0.3, 0.4) is 0 Å². The van der Waals surface area contributed by atoms with Crippen LogP contribution in [0, 0.1) is 0 Å². The van der Waals surface area contributed by atoms with E-state index in [9.17, 15) is 53.4 Å². The minimum atomic E-state index is -1.34. The van der Waals surface area contributed by atoms with Crippen molar-refractivity contribution in [2.45, 2.75) is 76.0 Å². The summed E-state index contributed by atoms with van der Waals surface area (Å²) < 4.78 is 0. The Morgan fingerprint density at radius 2 is 1.03 bits per heavy atom. The summed E-state index contributed by atoms with van der Waals surface area (Å²) in [6.07, 6.45) is 1.20. The summed E-state index contributed by atoms with van der Waals surface area (Å²) in [5.41, 5.74) is 13.0. The third kappa shape index (κ3) is 20.5. The number of nitrogens with two attached hydrogens (primary N) is 2. The number of carbonyl (C=O) groups is 9. The first kappa shape index (κ1) is 53.1. The van der Waals surface area contributed by atoms with Gasteiger partial charge < -0.3 is 64.2 Å². The maximum absolute atomic E-state index is 13.7. The van der Waals surface area contributed by atoms with Gasteiger partial charge in [-0.1, -0.05) is 48.0 Å². The Hall–Kier alpha value is -7.26. The van der Waals surface area contributed by atoms with Crippen molar-refractivity contribution in [3.8, 4) is 11.5 Å². The Bertz CT molecular complexity index is 2140. The second kappa shape index (κ2) is 27.8. The molecule has 0 heterocycles. The van der Waals surface area contributed by atoms with Crippen LogP contribution in [0.25, 0.3) is 0 Å². The number of hydrogen-bond donors (Lipinski definition) is 12. The molecule has 0 radical (unpaired) electrons. The number of hydrogen-bond acceptors (Lipinski definition) is 12. The van der Waals surface area contributed by atoms with E-state index < -0.39 is 97.0 Å². The molecule has 9 amide bonds. The first-order valence-electron chi connectivity index (χ1n) is 21.0. The summed E-state index contributed by atoms with van der Waals surface area (Å²) in [7, 11) is 0. The van der Waals surface area contributed by atoms with E-state index in [0.717, 1.165) is 5.56 Å². The molecule has 4 atom stereocenters. The fraction of sp³-hybridized carbons (Fsp3) is 0.386. The van der Waals surface area contributed by atoms with Gasteiger partial charge in [-0.05, 0) is 85.3 Å². The number of rotatable bonds is 27. The predicted molar refractivity (Wildman–Crippen MR) is 241 cm³/mol. The molecule has 0 spiro atoms. The molecule has 21 nitrogen and oxygen atoms in total. The molecule has 356 valence electrons. The maximum atomic E-state index is 13.7. The normalized spacial score (nSPS) is 12.5. The lowest BCUT2D eigenvalue weighted by Crippen LogP contribution is -2.58. The summed E-state index contributed by atoms with van der Waals surface area (Å²) in [6, 6.07) is 13.6. The van der Waals surface area contributed by atoms with Crippen LogP contribution in [0.2, 0.25) is 5.02 Å². The van der Waals surface area contributed by atoms with Crippen molar-refractivity contribution in [2.24, 2.45) is 11.5 Å². The minimum Gasteiger partial charge on any atom is -0.508 e. The van der Waals surface area contributed by atoms with Crippen molar-refractivity contribution in [3.05, 3.63) is 94.5 Å². The highest BCUT2D eigenvalue weighted by Crippen LogP contribution is 2.14. The van der Waals surface area contributed by atoms with Gasteiger partial charge in [-0.25, -0.2) is 0 Å². The molecule has 0 aliphatic carbocycles. The first-order valence-corrected chi connectivity index (χ1v) is 21.3. The fourth-order valence-corrected chi connectivity index (χ4v) is 6.27. The lowest BCUT2D eigenvalue weighted by atomic mass is 10.0. The van der Waals surface area contributed by atoms with E-state index in [1.54, 1.807) is 36.4 Å². The van der Waals surface area contributed by atoms with Crippen molar-refractivity contribution < 1.29 is 53.4 Å². The van der Waals surface area contributed by atoms with Crippen molar-refractivity contribution in [3.63, 3.8) is 0 Å². The van der Waals surface area contributed by atoms with Crippen LogP contribution in [-0.4, -0.2) is 120 Å². The van der Waals surface area contributed by atoms with Gasteiger partial charge in [0.25, 0.3) is 0 Å². The van der Waals surface area contributed by atoms with Gasteiger partial charge in [0.15, 0.2) is 0 Å². The van der Waals surface area contributed by atoms with E-state index in [0.29, 0.717) is 42.0 Å². The average molecular weight is 937 g/mol. The minimum absolute atomic E-state index is 0.0118.